The van der Waals surface area contributed by atoms with E-state index in [1.807, 2.05) is 25.2 Å². The van der Waals surface area contributed by atoms with Crippen LogP contribution < -0.4 is 0 Å². The Hall–Kier alpha value is -1.09. The van der Waals surface area contributed by atoms with Gasteiger partial charge >= 0.3 is 0 Å². The summed E-state index contributed by atoms with van der Waals surface area (Å²) < 4.78 is 1.66. The molecule has 1 heterocycles. The lowest BCUT2D eigenvalue weighted by Gasteiger charge is -1.92. The first-order valence-electron chi connectivity index (χ1n) is 3.23. The van der Waals surface area contributed by atoms with Gasteiger partial charge in [-0.15, -0.1) is 5.10 Å². The molecule has 0 amide bonds. The first kappa shape index (κ1) is 6.61. The summed E-state index contributed by atoms with van der Waals surface area (Å²) >= 11 is 5.90. The van der Waals surface area contributed by atoms with Crippen molar-refractivity contribution in [2.45, 2.75) is 0 Å². The van der Waals surface area contributed by atoms with E-state index < -0.39 is 0 Å². The molecular weight excluding hydrogens is 162 g/mol. The Kier molecular flexibility index (Phi) is 1.32. The van der Waals surface area contributed by atoms with Crippen molar-refractivity contribution in [1.82, 2.24) is 15.0 Å². The van der Waals surface area contributed by atoms with E-state index in [0.29, 0.717) is 5.02 Å². The van der Waals surface area contributed by atoms with Gasteiger partial charge in [-0.3, -0.25) is 0 Å². The summed E-state index contributed by atoms with van der Waals surface area (Å²) in [4.78, 5) is 0. The number of hydrogen-bond acceptors (Lipinski definition) is 2. The fourth-order valence-electron chi connectivity index (χ4n) is 1.06. The molecule has 2 rings (SSSR count). The predicted octanol–water partition coefficient (Wildman–Crippen LogP) is 1.62. The van der Waals surface area contributed by atoms with Crippen LogP contribution in [0.25, 0.3) is 11.0 Å². The highest BCUT2D eigenvalue weighted by molar-refractivity contribution is 6.34. The fraction of sp³-hybridized carbons (Fsp3) is 0.143. The summed E-state index contributed by atoms with van der Waals surface area (Å²) in [6, 6.07) is 5.57. The number of benzene rings is 1. The van der Waals surface area contributed by atoms with E-state index in [1.165, 1.54) is 0 Å². The second-order valence-corrected chi connectivity index (χ2v) is 2.73. The second-order valence-electron chi connectivity index (χ2n) is 2.32. The molecule has 0 saturated heterocycles. The van der Waals surface area contributed by atoms with Gasteiger partial charge < -0.3 is 0 Å². The fourth-order valence-corrected chi connectivity index (χ4v) is 1.36. The van der Waals surface area contributed by atoms with Gasteiger partial charge in [0.1, 0.15) is 11.0 Å². The number of halogens is 1. The molecule has 0 aliphatic heterocycles. The average molecular weight is 168 g/mol. The Labute approximate surface area is 68.6 Å². The zero-order valence-electron chi connectivity index (χ0n) is 5.95. The summed E-state index contributed by atoms with van der Waals surface area (Å²) in [7, 11) is 1.82. The van der Waals surface area contributed by atoms with Crippen LogP contribution in [0.1, 0.15) is 0 Å². The summed E-state index contributed by atoms with van der Waals surface area (Å²) in [5.74, 6) is 0. The topological polar surface area (TPSA) is 30.7 Å². The Bertz CT molecular complexity index is 393. The molecule has 1 aromatic carbocycles. The Balaban J connectivity index is 2.96. The maximum absolute atomic E-state index is 5.90. The molecule has 11 heavy (non-hydrogen) atoms. The molecule has 56 valence electrons. The van der Waals surface area contributed by atoms with Crippen molar-refractivity contribution in [3.05, 3.63) is 23.2 Å². The second kappa shape index (κ2) is 2.20. The van der Waals surface area contributed by atoms with E-state index in [9.17, 15) is 0 Å². The third-order valence-corrected chi connectivity index (χ3v) is 1.88. The minimum Gasteiger partial charge on any atom is -0.246 e. The Morgan fingerprint density at radius 1 is 1.45 bits per heavy atom. The van der Waals surface area contributed by atoms with Crippen molar-refractivity contribution >= 4 is 22.6 Å². The van der Waals surface area contributed by atoms with Crippen LogP contribution in [0.15, 0.2) is 18.2 Å². The molecule has 3 nitrogen and oxygen atoms in total. The standard InChI is InChI=1S/C7H6ClN3/c1-11-7-5(8)3-2-4-6(7)9-10-11/h2-4H,1H3. The molecule has 0 unspecified atom stereocenters. The zero-order valence-corrected chi connectivity index (χ0v) is 6.71. The Morgan fingerprint density at radius 2 is 2.27 bits per heavy atom. The molecule has 0 saturated carbocycles. The van der Waals surface area contributed by atoms with Crippen molar-refractivity contribution < 1.29 is 0 Å². The van der Waals surface area contributed by atoms with Crippen LogP contribution in [0.4, 0.5) is 0 Å². The van der Waals surface area contributed by atoms with Crippen LogP contribution in [0, 0.1) is 0 Å². The van der Waals surface area contributed by atoms with Gasteiger partial charge in [0.25, 0.3) is 0 Å². The maximum Gasteiger partial charge on any atom is 0.114 e. The highest BCUT2D eigenvalue weighted by atomic mass is 35.5. The largest absolute Gasteiger partial charge is 0.246 e. The van der Waals surface area contributed by atoms with Crippen LogP contribution in [0.5, 0.6) is 0 Å². The van der Waals surface area contributed by atoms with E-state index in [1.54, 1.807) is 4.68 Å². The van der Waals surface area contributed by atoms with Crippen molar-refractivity contribution in [3.8, 4) is 0 Å². The van der Waals surface area contributed by atoms with Gasteiger partial charge in [-0.25, -0.2) is 4.68 Å². The van der Waals surface area contributed by atoms with Gasteiger partial charge in [0.05, 0.1) is 5.02 Å². The number of para-hydroxylation sites is 1. The van der Waals surface area contributed by atoms with E-state index in [2.05, 4.69) is 10.3 Å². The first-order chi connectivity index (χ1) is 5.29. The molecule has 0 radical (unpaired) electrons. The molecule has 0 aliphatic carbocycles. The monoisotopic (exact) mass is 167 g/mol. The van der Waals surface area contributed by atoms with Crippen molar-refractivity contribution in [3.63, 3.8) is 0 Å². The van der Waals surface area contributed by atoms with Gasteiger partial charge in [0.15, 0.2) is 0 Å². The van der Waals surface area contributed by atoms with Gasteiger partial charge in [0.2, 0.25) is 0 Å². The highest BCUT2D eigenvalue weighted by Crippen LogP contribution is 2.19. The molecule has 0 atom stereocenters. The third kappa shape index (κ3) is 0.886. The number of rotatable bonds is 0. The summed E-state index contributed by atoms with van der Waals surface area (Å²) in [6.07, 6.45) is 0. The van der Waals surface area contributed by atoms with Crippen molar-refractivity contribution in [2.75, 3.05) is 0 Å². The van der Waals surface area contributed by atoms with E-state index >= 15 is 0 Å². The van der Waals surface area contributed by atoms with Crippen LogP contribution >= 0.6 is 11.6 Å². The molecule has 0 bridgehead atoms. The van der Waals surface area contributed by atoms with E-state index in [0.717, 1.165) is 11.0 Å². The number of nitrogens with zero attached hydrogens (tertiary/aromatic N) is 3. The molecule has 2 aromatic rings. The quantitative estimate of drug-likeness (QED) is 0.597. The molecule has 0 fully saturated rings. The number of fused-ring (bicyclic) bond motifs is 1. The highest BCUT2D eigenvalue weighted by Gasteiger charge is 2.03. The van der Waals surface area contributed by atoms with Crippen LogP contribution in [-0.4, -0.2) is 15.0 Å². The van der Waals surface area contributed by atoms with E-state index in [4.69, 9.17) is 11.6 Å². The first-order valence-corrected chi connectivity index (χ1v) is 3.61. The molecule has 0 aliphatic rings. The Morgan fingerprint density at radius 3 is 3.00 bits per heavy atom. The van der Waals surface area contributed by atoms with Gasteiger partial charge in [0, 0.05) is 7.05 Å². The van der Waals surface area contributed by atoms with Crippen LogP contribution in [-0.2, 0) is 7.05 Å². The summed E-state index contributed by atoms with van der Waals surface area (Å²) in [5.41, 5.74) is 1.72. The van der Waals surface area contributed by atoms with Gasteiger partial charge in [-0.05, 0) is 12.1 Å². The van der Waals surface area contributed by atoms with Crippen LogP contribution in [0.2, 0.25) is 5.02 Å². The summed E-state index contributed by atoms with van der Waals surface area (Å²) in [6.45, 7) is 0. The zero-order chi connectivity index (χ0) is 7.84. The maximum atomic E-state index is 5.90. The average Bonchev–Trinajstić information content (AvgIpc) is 2.34. The molecule has 0 spiro atoms. The lowest BCUT2D eigenvalue weighted by Crippen LogP contribution is -1.89. The molecular formula is C7H6ClN3. The SMILES string of the molecule is Cn1nnc2cccc(Cl)c21. The number of aromatic nitrogens is 3. The normalized spacial score (nSPS) is 10.7. The lowest BCUT2D eigenvalue weighted by atomic mass is 10.3. The molecule has 0 N–H and O–H groups in total. The minimum absolute atomic E-state index is 0.690. The van der Waals surface area contributed by atoms with Crippen molar-refractivity contribution in [1.29, 1.82) is 0 Å². The van der Waals surface area contributed by atoms with Crippen LogP contribution in [0.3, 0.4) is 0 Å². The smallest absolute Gasteiger partial charge is 0.114 e. The molecule has 1 aromatic heterocycles. The minimum atomic E-state index is 0.690. The summed E-state index contributed by atoms with van der Waals surface area (Å²) in [5, 5.41) is 8.44. The third-order valence-electron chi connectivity index (χ3n) is 1.58. The van der Waals surface area contributed by atoms with Gasteiger partial charge in [-0.2, -0.15) is 0 Å². The van der Waals surface area contributed by atoms with Crippen molar-refractivity contribution in [2.24, 2.45) is 7.05 Å². The number of hydrogen-bond donors (Lipinski definition) is 0. The lowest BCUT2D eigenvalue weighted by molar-refractivity contribution is 0.736. The molecule has 4 heteroatoms. The van der Waals surface area contributed by atoms with Gasteiger partial charge in [-0.1, -0.05) is 22.9 Å². The predicted molar refractivity (Wildman–Crippen MR) is 43.5 cm³/mol. The van der Waals surface area contributed by atoms with E-state index in [-0.39, 0.29) is 0 Å². The number of aryl methyl sites for hydroxylation is 1.